The van der Waals surface area contributed by atoms with Gasteiger partial charge in [-0.1, -0.05) is 54.0 Å². The number of benzene rings is 2. The van der Waals surface area contributed by atoms with E-state index in [1.54, 1.807) is 23.1 Å². The van der Waals surface area contributed by atoms with Crippen molar-refractivity contribution in [3.8, 4) is 17.1 Å². The third-order valence-electron chi connectivity index (χ3n) is 4.67. The van der Waals surface area contributed by atoms with Crippen LogP contribution < -0.4 is 10.1 Å². The Hall–Kier alpha value is -3.87. The molecule has 152 valence electrons. The SMILES string of the molecule is CCc1ccc(OCn2cc(NC(=O)c3cc(-c4ccc(C)cc4)on3)cn2)cc1. The Morgan fingerprint density at radius 1 is 1.13 bits per heavy atom. The second-order valence-electron chi connectivity index (χ2n) is 6.94. The van der Waals surface area contributed by atoms with Crippen LogP contribution in [-0.2, 0) is 13.2 Å². The highest BCUT2D eigenvalue weighted by Crippen LogP contribution is 2.21. The van der Waals surface area contributed by atoms with Crippen LogP contribution in [0.3, 0.4) is 0 Å². The maximum atomic E-state index is 12.5. The van der Waals surface area contributed by atoms with Crippen molar-refractivity contribution in [3.05, 3.63) is 83.8 Å². The number of amides is 1. The maximum Gasteiger partial charge on any atom is 0.277 e. The van der Waals surface area contributed by atoms with E-state index < -0.39 is 0 Å². The zero-order valence-corrected chi connectivity index (χ0v) is 16.8. The van der Waals surface area contributed by atoms with Crippen molar-refractivity contribution < 1.29 is 14.1 Å². The van der Waals surface area contributed by atoms with E-state index in [1.807, 2.05) is 55.5 Å². The first kappa shape index (κ1) is 19.4. The molecule has 0 aliphatic heterocycles. The van der Waals surface area contributed by atoms with Gasteiger partial charge in [-0.25, -0.2) is 4.68 Å². The number of nitrogens with zero attached hydrogens (tertiary/aromatic N) is 3. The lowest BCUT2D eigenvalue weighted by atomic mass is 10.1. The molecule has 1 N–H and O–H groups in total. The summed E-state index contributed by atoms with van der Waals surface area (Å²) in [4.78, 5) is 12.5. The number of hydrogen-bond acceptors (Lipinski definition) is 5. The molecule has 0 spiro atoms. The van der Waals surface area contributed by atoms with Crippen LogP contribution in [0.25, 0.3) is 11.3 Å². The molecule has 2 aromatic carbocycles. The van der Waals surface area contributed by atoms with Crippen LogP contribution in [0, 0.1) is 6.92 Å². The Labute approximate surface area is 174 Å². The van der Waals surface area contributed by atoms with Crippen molar-refractivity contribution in [2.75, 3.05) is 5.32 Å². The van der Waals surface area contributed by atoms with Gasteiger partial charge in [-0.2, -0.15) is 5.10 Å². The molecule has 0 fully saturated rings. The quantitative estimate of drug-likeness (QED) is 0.485. The summed E-state index contributed by atoms with van der Waals surface area (Å²) in [5, 5.41) is 10.8. The van der Waals surface area contributed by atoms with E-state index in [0.717, 1.165) is 23.3 Å². The number of aromatic nitrogens is 3. The summed E-state index contributed by atoms with van der Waals surface area (Å²) in [6.07, 6.45) is 4.24. The van der Waals surface area contributed by atoms with Gasteiger partial charge in [0.05, 0.1) is 18.1 Å². The molecule has 2 heterocycles. The summed E-state index contributed by atoms with van der Waals surface area (Å²) >= 11 is 0. The van der Waals surface area contributed by atoms with Crippen molar-refractivity contribution in [2.24, 2.45) is 0 Å². The van der Waals surface area contributed by atoms with Crippen LogP contribution in [0.4, 0.5) is 5.69 Å². The fourth-order valence-electron chi connectivity index (χ4n) is 2.89. The molecular weight excluding hydrogens is 380 g/mol. The fourth-order valence-corrected chi connectivity index (χ4v) is 2.89. The van der Waals surface area contributed by atoms with Gasteiger partial charge < -0.3 is 14.6 Å². The number of rotatable bonds is 7. The summed E-state index contributed by atoms with van der Waals surface area (Å²) < 4.78 is 12.6. The van der Waals surface area contributed by atoms with Gasteiger partial charge in [0.15, 0.2) is 18.2 Å². The van der Waals surface area contributed by atoms with Crippen LogP contribution in [0.5, 0.6) is 5.75 Å². The number of aryl methyl sites for hydroxylation is 2. The molecule has 0 aliphatic rings. The minimum Gasteiger partial charge on any atom is -0.471 e. The Morgan fingerprint density at radius 2 is 1.90 bits per heavy atom. The lowest BCUT2D eigenvalue weighted by Gasteiger charge is -2.06. The zero-order chi connectivity index (χ0) is 20.9. The molecule has 7 heteroatoms. The lowest BCUT2D eigenvalue weighted by molar-refractivity contribution is 0.101. The first-order valence-corrected chi connectivity index (χ1v) is 9.70. The molecule has 0 saturated carbocycles. The Morgan fingerprint density at radius 3 is 2.63 bits per heavy atom. The Balaban J connectivity index is 1.35. The average molecular weight is 402 g/mol. The number of carbonyl (C=O) groups is 1. The van der Waals surface area contributed by atoms with E-state index in [2.05, 4.69) is 22.5 Å². The molecule has 0 aliphatic carbocycles. The van der Waals surface area contributed by atoms with Gasteiger partial charge in [-0.05, 0) is 31.0 Å². The summed E-state index contributed by atoms with van der Waals surface area (Å²) in [6, 6.07) is 17.4. The number of nitrogens with one attached hydrogen (secondary N) is 1. The summed E-state index contributed by atoms with van der Waals surface area (Å²) in [5.41, 5.74) is 4.01. The molecule has 1 amide bonds. The van der Waals surface area contributed by atoms with Crippen LogP contribution in [0.2, 0.25) is 0 Å². The Bertz CT molecular complexity index is 1130. The van der Waals surface area contributed by atoms with E-state index in [0.29, 0.717) is 11.4 Å². The van der Waals surface area contributed by atoms with Gasteiger partial charge in [-0.3, -0.25) is 4.79 Å². The van der Waals surface area contributed by atoms with E-state index in [1.165, 1.54) is 5.56 Å². The first-order chi connectivity index (χ1) is 14.6. The lowest BCUT2D eigenvalue weighted by Crippen LogP contribution is -2.11. The molecule has 2 aromatic heterocycles. The summed E-state index contributed by atoms with van der Waals surface area (Å²) in [6.45, 7) is 4.36. The molecule has 0 atom stereocenters. The third-order valence-corrected chi connectivity index (χ3v) is 4.67. The highest BCUT2D eigenvalue weighted by atomic mass is 16.5. The van der Waals surface area contributed by atoms with Gasteiger partial charge in [0.25, 0.3) is 5.91 Å². The third kappa shape index (κ3) is 4.57. The molecule has 30 heavy (non-hydrogen) atoms. The standard InChI is InChI=1S/C23H22N4O3/c1-3-17-6-10-20(11-7-17)29-15-27-14-19(13-24-27)25-23(28)21-12-22(30-26-21)18-8-4-16(2)5-9-18/h4-14H,3,15H2,1-2H3,(H,25,28). The van der Waals surface area contributed by atoms with Crippen molar-refractivity contribution in [1.82, 2.24) is 14.9 Å². The minimum atomic E-state index is -0.368. The fraction of sp³-hybridized carbons (Fsp3) is 0.174. The zero-order valence-electron chi connectivity index (χ0n) is 16.8. The van der Waals surface area contributed by atoms with Crippen LogP contribution >= 0.6 is 0 Å². The molecule has 0 saturated heterocycles. The molecule has 7 nitrogen and oxygen atoms in total. The second kappa shape index (κ2) is 8.65. The number of carbonyl (C=O) groups excluding carboxylic acids is 1. The van der Waals surface area contributed by atoms with E-state index in [-0.39, 0.29) is 18.3 Å². The van der Waals surface area contributed by atoms with Crippen molar-refractivity contribution >= 4 is 11.6 Å². The van der Waals surface area contributed by atoms with Gasteiger partial charge in [0.2, 0.25) is 0 Å². The van der Waals surface area contributed by atoms with Crippen LogP contribution in [0.1, 0.15) is 28.5 Å². The first-order valence-electron chi connectivity index (χ1n) is 9.70. The van der Waals surface area contributed by atoms with Crippen molar-refractivity contribution in [3.63, 3.8) is 0 Å². The van der Waals surface area contributed by atoms with E-state index >= 15 is 0 Å². The predicted molar refractivity (Wildman–Crippen MR) is 113 cm³/mol. The predicted octanol–water partition coefficient (Wildman–Crippen LogP) is 4.70. The van der Waals surface area contributed by atoms with Gasteiger partial charge in [0, 0.05) is 11.6 Å². The molecular formula is C23H22N4O3. The normalized spacial score (nSPS) is 10.7. The van der Waals surface area contributed by atoms with E-state index in [9.17, 15) is 4.79 Å². The van der Waals surface area contributed by atoms with Crippen LogP contribution in [0.15, 0.2) is 71.5 Å². The second-order valence-corrected chi connectivity index (χ2v) is 6.94. The van der Waals surface area contributed by atoms with Gasteiger partial charge in [-0.15, -0.1) is 0 Å². The topological polar surface area (TPSA) is 82.2 Å². The van der Waals surface area contributed by atoms with Gasteiger partial charge >= 0.3 is 0 Å². The maximum absolute atomic E-state index is 12.5. The minimum absolute atomic E-state index is 0.200. The monoisotopic (exact) mass is 402 g/mol. The van der Waals surface area contributed by atoms with E-state index in [4.69, 9.17) is 9.26 Å². The smallest absolute Gasteiger partial charge is 0.277 e. The summed E-state index contributed by atoms with van der Waals surface area (Å²) in [7, 11) is 0. The van der Waals surface area contributed by atoms with Crippen molar-refractivity contribution in [1.29, 1.82) is 0 Å². The highest BCUT2D eigenvalue weighted by Gasteiger charge is 2.14. The number of ether oxygens (including phenoxy) is 1. The molecule has 0 radical (unpaired) electrons. The van der Waals surface area contributed by atoms with Crippen molar-refractivity contribution in [2.45, 2.75) is 27.0 Å². The molecule has 4 aromatic rings. The van der Waals surface area contributed by atoms with Gasteiger partial charge in [0.1, 0.15) is 5.75 Å². The molecule has 4 rings (SSSR count). The Kier molecular flexibility index (Phi) is 5.61. The highest BCUT2D eigenvalue weighted by molar-refractivity contribution is 6.03. The largest absolute Gasteiger partial charge is 0.471 e. The molecule has 0 unspecified atom stereocenters. The number of hydrogen-bond donors (Lipinski definition) is 1. The van der Waals surface area contributed by atoms with Crippen LogP contribution in [-0.4, -0.2) is 20.8 Å². The molecule has 0 bridgehead atoms. The number of anilines is 1. The summed E-state index contributed by atoms with van der Waals surface area (Å²) in [5.74, 6) is 0.936. The average Bonchev–Trinajstić information content (AvgIpc) is 3.43.